The summed E-state index contributed by atoms with van der Waals surface area (Å²) in [5.41, 5.74) is 0.413. The molecule has 0 spiro atoms. The predicted molar refractivity (Wildman–Crippen MR) is 110 cm³/mol. The molecule has 0 aromatic heterocycles. The van der Waals surface area contributed by atoms with Crippen molar-refractivity contribution >= 4 is 33.2 Å². The van der Waals surface area contributed by atoms with E-state index in [0.717, 1.165) is 17.1 Å². The molecule has 1 amide bonds. The molecule has 1 N–H and O–H groups in total. The number of hydrogen-bond acceptors (Lipinski definition) is 3. The van der Waals surface area contributed by atoms with Crippen molar-refractivity contribution in [3.05, 3.63) is 59.6 Å². The van der Waals surface area contributed by atoms with Crippen LogP contribution in [0, 0.1) is 11.8 Å². The number of carbonyl (C=O) groups is 1. The van der Waals surface area contributed by atoms with E-state index in [4.69, 9.17) is 11.6 Å². The van der Waals surface area contributed by atoms with Gasteiger partial charge in [0.2, 0.25) is 5.91 Å². The second kappa shape index (κ2) is 7.76. The maximum atomic E-state index is 13.2. The minimum Gasteiger partial charge on any atom is -0.352 e. The van der Waals surface area contributed by atoms with Crippen LogP contribution >= 0.6 is 11.6 Å². The van der Waals surface area contributed by atoms with Gasteiger partial charge in [0.15, 0.2) is 0 Å². The van der Waals surface area contributed by atoms with Crippen LogP contribution in [0.5, 0.6) is 0 Å². The summed E-state index contributed by atoms with van der Waals surface area (Å²) in [5, 5.41) is 3.58. The molecule has 2 aliphatic rings. The van der Waals surface area contributed by atoms with Crippen LogP contribution in [0.25, 0.3) is 0 Å². The van der Waals surface area contributed by atoms with E-state index < -0.39 is 10.0 Å². The first-order chi connectivity index (χ1) is 13.4. The Bertz CT molecular complexity index is 947. The molecule has 2 fully saturated rings. The van der Waals surface area contributed by atoms with Crippen molar-refractivity contribution in [1.82, 2.24) is 5.32 Å². The molecule has 0 heterocycles. The van der Waals surface area contributed by atoms with Crippen molar-refractivity contribution in [2.24, 2.45) is 11.8 Å². The molecule has 148 valence electrons. The Labute approximate surface area is 170 Å². The van der Waals surface area contributed by atoms with E-state index >= 15 is 0 Å². The number of benzene rings is 2. The molecule has 2 saturated carbocycles. The average molecular weight is 419 g/mol. The van der Waals surface area contributed by atoms with E-state index in [2.05, 4.69) is 5.32 Å². The highest BCUT2D eigenvalue weighted by Crippen LogP contribution is 2.44. The number of nitrogens with zero attached hydrogens (tertiary/aromatic N) is 1. The maximum Gasteiger partial charge on any atom is 0.264 e. The number of sulfonamides is 1. The molecule has 3 unspecified atom stereocenters. The third-order valence-corrected chi connectivity index (χ3v) is 7.86. The van der Waals surface area contributed by atoms with Gasteiger partial charge in [0.25, 0.3) is 10.0 Å². The Kier molecular flexibility index (Phi) is 5.34. The highest BCUT2D eigenvalue weighted by Gasteiger charge is 2.40. The molecule has 5 nitrogen and oxygen atoms in total. The number of amides is 1. The molecule has 2 aliphatic carbocycles. The molecule has 4 rings (SSSR count). The monoisotopic (exact) mass is 418 g/mol. The van der Waals surface area contributed by atoms with Crippen LogP contribution in [0.2, 0.25) is 5.02 Å². The van der Waals surface area contributed by atoms with E-state index in [9.17, 15) is 13.2 Å². The van der Waals surface area contributed by atoms with Crippen molar-refractivity contribution in [3.8, 4) is 0 Å². The smallest absolute Gasteiger partial charge is 0.264 e. The number of carbonyl (C=O) groups excluding carboxylic acids is 1. The summed E-state index contributed by atoms with van der Waals surface area (Å²) in [6.45, 7) is -0.257. The Morgan fingerprint density at radius 3 is 2.36 bits per heavy atom. The number of rotatable bonds is 6. The Hall–Kier alpha value is -2.05. The van der Waals surface area contributed by atoms with Crippen LogP contribution in [-0.4, -0.2) is 26.9 Å². The summed E-state index contributed by atoms with van der Waals surface area (Å²) in [7, 11) is -3.88. The molecule has 28 heavy (non-hydrogen) atoms. The van der Waals surface area contributed by atoms with Crippen LogP contribution < -0.4 is 9.62 Å². The highest BCUT2D eigenvalue weighted by atomic mass is 35.5. The summed E-state index contributed by atoms with van der Waals surface area (Å²) >= 11 is 5.96. The van der Waals surface area contributed by atoms with Crippen LogP contribution in [0.15, 0.2) is 59.5 Å². The van der Waals surface area contributed by atoms with Crippen molar-refractivity contribution in [1.29, 1.82) is 0 Å². The standard InChI is InChI=1S/C21H23ClN2O3S/c22-17-8-10-18(11-9-17)24(28(26,27)19-4-2-1-3-5-19)14-21(25)23-20-13-15-6-7-16(20)12-15/h1-5,8-11,15-16,20H,6-7,12-14H2,(H,23,25). The lowest BCUT2D eigenvalue weighted by Crippen LogP contribution is -2.45. The van der Waals surface area contributed by atoms with E-state index in [1.165, 1.54) is 25.0 Å². The number of nitrogens with one attached hydrogen (secondary N) is 1. The van der Waals surface area contributed by atoms with Crippen LogP contribution in [0.1, 0.15) is 25.7 Å². The Balaban J connectivity index is 1.58. The lowest BCUT2D eigenvalue weighted by Gasteiger charge is -2.27. The molecule has 0 radical (unpaired) electrons. The van der Waals surface area contributed by atoms with Gasteiger partial charge in [-0.2, -0.15) is 0 Å². The van der Waals surface area contributed by atoms with Gasteiger partial charge in [-0.3, -0.25) is 9.10 Å². The third kappa shape index (κ3) is 3.89. The number of hydrogen-bond donors (Lipinski definition) is 1. The van der Waals surface area contributed by atoms with Gasteiger partial charge in [-0.15, -0.1) is 0 Å². The van der Waals surface area contributed by atoms with E-state index in [1.54, 1.807) is 42.5 Å². The van der Waals surface area contributed by atoms with E-state index in [-0.39, 0.29) is 23.4 Å². The molecule has 2 bridgehead atoms. The third-order valence-electron chi connectivity index (χ3n) is 5.82. The summed E-state index contributed by atoms with van der Waals surface area (Å²) in [4.78, 5) is 12.9. The first-order valence-corrected chi connectivity index (χ1v) is 11.4. The molecule has 2 aromatic rings. The molecule has 3 atom stereocenters. The van der Waals surface area contributed by atoms with Crippen LogP contribution in [0.4, 0.5) is 5.69 Å². The lowest BCUT2D eigenvalue weighted by atomic mass is 9.95. The largest absolute Gasteiger partial charge is 0.352 e. The Morgan fingerprint density at radius 2 is 1.75 bits per heavy atom. The van der Waals surface area contributed by atoms with Gasteiger partial charge in [-0.05, 0) is 67.5 Å². The number of halogens is 1. The van der Waals surface area contributed by atoms with Crippen molar-refractivity contribution in [2.75, 3.05) is 10.8 Å². The van der Waals surface area contributed by atoms with E-state index in [0.29, 0.717) is 22.5 Å². The van der Waals surface area contributed by atoms with Crippen LogP contribution in [0.3, 0.4) is 0 Å². The average Bonchev–Trinajstić information content (AvgIpc) is 3.31. The molecule has 2 aromatic carbocycles. The zero-order chi connectivity index (χ0) is 19.7. The fourth-order valence-electron chi connectivity index (χ4n) is 4.45. The second-order valence-electron chi connectivity index (χ2n) is 7.65. The fraction of sp³-hybridized carbons (Fsp3) is 0.381. The fourth-order valence-corrected chi connectivity index (χ4v) is 6.01. The van der Waals surface area contributed by atoms with Crippen molar-refractivity contribution < 1.29 is 13.2 Å². The topological polar surface area (TPSA) is 66.5 Å². The van der Waals surface area contributed by atoms with Gasteiger partial charge in [-0.1, -0.05) is 36.2 Å². The van der Waals surface area contributed by atoms with Gasteiger partial charge in [-0.25, -0.2) is 8.42 Å². The Morgan fingerprint density at radius 1 is 1.04 bits per heavy atom. The second-order valence-corrected chi connectivity index (χ2v) is 9.95. The summed E-state index contributed by atoms with van der Waals surface area (Å²) in [6.07, 6.45) is 4.58. The zero-order valence-electron chi connectivity index (χ0n) is 15.4. The number of anilines is 1. The molecule has 7 heteroatoms. The van der Waals surface area contributed by atoms with Crippen molar-refractivity contribution in [2.45, 2.75) is 36.6 Å². The predicted octanol–water partition coefficient (Wildman–Crippen LogP) is 3.84. The summed E-state index contributed by atoms with van der Waals surface area (Å²) in [6, 6.07) is 14.8. The lowest BCUT2D eigenvalue weighted by molar-refractivity contribution is -0.120. The van der Waals surface area contributed by atoms with Gasteiger partial charge < -0.3 is 5.32 Å². The quantitative estimate of drug-likeness (QED) is 0.775. The molecular formula is C21H23ClN2O3S. The first kappa shape index (κ1) is 19.3. The molecular weight excluding hydrogens is 396 g/mol. The van der Waals surface area contributed by atoms with Crippen LogP contribution in [-0.2, 0) is 14.8 Å². The summed E-state index contributed by atoms with van der Waals surface area (Å²) in [5.74, 6) is 0.964. The van der Waals surface area contributed by atoms with Gasteiger partial charge in [0.1, 0.15) is 6.54 Å². The maximum absolute atomic E-state index is 13.2. The first-order valence-electron chi connectivity index (χ1n) is 9.56. The van der Waals surface area contributed by atoms with E-state index in [1.807, 2.05) is 0 Å². The minimum absolute atomic E-state index is 0.151. The zero-order valence-corrected chi connectivity index (χ0v) is 17.0. The van der Waals surface area contributed by atoms with Crippen molar-refractivity contribution in [3.63, 3.8) is 0 Å². The molecule has 0 aliphatic heterocycles. The number of fused-ring (bicyclic) bond motifs is 2. The molecule has 0 saturated heterocycles. The highest BCUT2D eigenvalue weighted by molar-refractivity contribution is 7.92. The van der Waals surface area contributed by atoms with Gasteiger partial charge in [0, 0.05) is 11.1 Å². The van der Waals surface area contributed by atoms with Gasteiger partial charge >= 0.3 is 0 Å². The normalized spacial score (nSPS) is 23.5. The SMILES string of the molecule is O=C(CN(c1ccc(Cl)cc1)S(=O)(=O)c1ccccc1)NC1CC2CCC1C2. The summed E-state index contributed by atoms with van der Waals surface area (Å²) < 4.78 is 27.6. The minimum atomic E-state index is -3.88. The van der Waals surface area contributed by atoms with Gasteiger partial charge in [0.05, 0.1) is 10.6 Å².